The van der Waals surface area contributed by atoms with E-state index in [4.69, 9.17) is 4.74 Å². The molecule has 0 N–H and O–H groups in total. The number of methoxy groups -OCH3 is 1. The molecule has 16 heavy (non-hydrogen) atoms. The molecule has 0 atom stereocenters. The fourth-order valence-corrected chi connectivity index (χ4v) is 2.42. The molecule has 0 saturated carbocycles. The highest BCUT2D eigenvalue weighted by molar-refractivity contribution is 5.72. The largest absolute Gasteiger partial charge is 0.496 e. The summed E-state index contributed by atoms with van der Waals surface area (Å²) in [6, 6.07) is 4.46. The van der Waals surface area contributed by atoms with Gasteiger partial charge < -0.3 is 4.74 Å². The molecular weight excluding hydrogens is 196 g/mol. The molecular formula is C15H20O. The van der Waals surface area contributed by atoms with Crippen LogP contribution in [-0.2, 0) is 5.41 Å². The number of ether oxygens (including phenoxy) is 1. The van der Waals surface area contributed by atoms with Crippen LogP contribution in [0.5, 0.6) is 5.75 Å². The summed E-state index contributed by atoms with van der Waals surface area (Å²) in [4.78, 5) is 0. The van der Waals surface area contributed by atoms with Crippen LogP contribution in [0.15, 0.2) is 18.2 Å². The predicted octanol–water partition coefficient (Wildman–Crippen LogP) is 4.09. The molecule has 0 radical (unpaired) electrons. The minimum absolute atomic E-state index is 0.242. The van der Waals surface area contributed by atoms with Crippen molar-refractivity contribution in [3.63, 3.8) is 0 Å². The maximum absolute atomic E-state index is 5.40. The molecule has 0 saturated heterocycles. The van der Waals surface area contributed by atoms with E-state index in [9.17, 15) is 0 Å². The topological polar surface area (TPSA) is 9.23 Å². The molecule has 0 bridgehead atoms. The number of allylic oxidation sites excluding steroid dienone is 2. The highest BCUT2D eigenvalue weighted by Crippen LogP contribution is 2.41. The van der Waals surface area contributed by atoms with Crippen molar-refractivity contribution in [1.82, 2.24) is 0 Å². The van der Waals surface area contributed by atoms with Gasteiger partial charge in [-0.15, -0.1) is 0 Å². The van der Waals surface area contributed by atoms with Crippen LogP contribution in [-0.4, -0.2) is 7.11 Å². The van der Waals surface area contributed by atoms with Gasteiger partial charge in [0.1, 0.15) is 5.75 Å². The average Bonchev–Trinajstić information content (AvgIpc) is 2.24. The molecule has 1 aliphatic carbocycles. The summed E-state index contributed by atoms with van der Waals surface area (Å²) in [5.74, 6) is 0.990. The Kier molecular flexibility index (Phi) is 2.57. The smallest absolute Gasteiger partial charge is 0.122 e. The molecule has 1 aromatic carbocycles. The van der Waals surface area contributed by atoms with E-state index in [0.717, 1.165) is 12.2 Å². The molecule has 0 aliphatic heterocycles. The van der Waals surface area contributed by atoms with E-state index in [1.807, 2.05) is 0 Å². The summed E-state index contributed by atoms with van der Waals surface area (Å²) >= 11 is 0. The summed E-state index contributed by atoms with van der Waals surface area (Å²) < 4.78 is 5.40. The number of hydrogen-bond donors (Lipinski definition) is 0. The first kappa shape index (κ1) is 11.3. The minimum atomic E-state index is 0.242. The Morgan fingerprint density at radius 2 is 1.88 bits per heavy atom. The summed E-state index contributed by atoms with van der Waals surface area (Å²) in [5, 5.41) is 0. The lowest BCUT2D eigenvalue weighted by atomic mass is 9.73. The van der Waals surface area contributed by atoms with Gasteiger partial charge >= 0.3 is 0 Å². The van der Waals surface area contributed by atoms with Crippen LogP contribution >= 0.6 is 0 Å². The van der Waals surface area contributed by atoms with Gasteiger partial charge in [-0.3, -0.25) is 0 Å². The molecule has 1 heteroatoms. The van der Waals surface area contributed by atoms with E-state index in [1.54, 1.807) is 7.11 Å². The van der Waals surface area contributed by atoms with Crippen molar-refractivity contribution in [3.8, 4) is 5.75 Å². The zero-order valence-corrected chi connectivity index (χ0v) is 10.8. The van der Waals surface area contributed by atoms with E-state index >= 15 is 0 Å². The normalized spacial score (nSPS) is 17.7. The first-order valence-corrected chi connectivity index (χ1v) is 5.82. The van der Waals surface area contributed by atoms with Gasteiger partial charge in [0.05, 0.1) is 7.11 Å². The number of hydrogen-bond acceptors (Lipinski definition) is 1. The van der Waals surface area contributed by atoms with Crippen LogP contribution in [0, 0.1) is 6.92 Å². The Bertz CT molecular complexity index is 453. The van der Waals surface area contributed by atoms with Gasteiger partial charge in [0, 0.05) is 0 Å². The van der Waals surface area contributed by atoms with E-state index in [-0.39, 0.29) is 5.41 Å². The second kappa shape index (κ2) is 3.65. The number of aryl methyl sites for hydroxylation is 1. The summed E-state index contributed by atoms with van der Waals surface area (Å²) in [6.45, 7) is 8.91. The fraction of sp³-hybridized carbons (Fsp3) is 0.467. The predicted molar refractivity (Wildman–Crippen MR) is 69.0 cm³/mol. The Morgan fingerprint density at radius 1 is 1.19 bits per heavy atom. The minimum Gasteiger partial charge on any atom is -0.496 e. The van der Waals surface area contributed by atoms with Gasteiger partial charge in [-0.2, -0.15) is 0 Å². The van der Waals surface area contributed by atoms with Crippen molar-refractivity contribution < 1.29 is 4.74 Å². The van der Waals surface area contributed by atoms with Gasteiger partial charge in [0.25, 0.3) is 0 Å². The van der Waals surface area contributed by atoms with Crippen LogP contribution in [0.1, 0.15) is 43.9 Å². The second-order valence-electron chi connectivity index (χ2n) is 5.34. The fourth-order valence-electron chi connectivity index (χ4n) is 2.42. The molecule has 0 aromatic heterocycles. The van der Waals surface area contributed by atoms with Gasteiger partial charge in [-0.05, 0) is 54.0 Å². The van der Waals surface area contributed by atoms with Crippen LogP contribution in [0.3, 0.4) is 0 Å². The lowest BCUT2D eigenvalue weighted by Crippen LogP contribution is -2.21. The third-order valence-corrected chi connectivity index (χ3v) is 3.61. The molecule has 0 spiro atoms. The summed E-state index contributed by atoms with van der Waals surface area (Å²) in [6.07, 6.45) is 3.45. The van der Waals surface area contributed by atoms with Crippen molar-refractivity contribution in [1.29, 1.82) is 0 Å². The molecule has 2 rings (SSSR count). The Balaban J connectivity index is 2.67. The SMILES string of the molecule is COc1cc2c(cc1C)C(C)(C)CC=C2C. The first-order valence-electron chi connectivity index (χ1n) is 5.82. The van der Waals surface area contributed by atoms with Crippen molar-refractivity contribution in [2.75, 3.05) is 7.11 Å². The van der Waals surface area contributed by atoms with E-state index in [1.165, 1.54) is 22.3 Å². The van der Waals surface area contributed by atoms with Crippen LogP contribution in [0.4, 0.5) is 0 Å². The third kappa shape index (κ3) is 1.64. The number of fused-ring (bicyclic) bond motifs is 1. The second-order valence-corrected chi connectivity index (χ2v) is 5.34. The molecule has 1 aliphatic rings. The molecule has 86 valence electrons. The first-order chi connectivity index (χ1) is 7.45. The molecule has 1 nitrogen and oxygen atoms in total. The monoisotopic (exact) mass is 216 g/mol. The number of benzene rings is 1. The maximum Gasteiger partial charge on any atom is 0.122 e. The van der Waals surface area contributed by atoms with Crippen LogP contribution < -0.4 is 4.74 Å². The Morgan fingerprint density at radius 3 is 2.50 bits per heavy atom. The molecule has 0 heterocycles. The van der Waals surface area contributed by atoms with E-state index in [2.05, 4.69) is 45.9 Å². The van der Waals surface area contributed by atoms with Crippen molar-refractivity contribution in [2.24, 2.45) is 0 Å². The maximum atomic E-state index is 5.40. The highest BCUT2D eigenvalue weighted by Gasteiger charge is 2.27. The summed E-state index contributed by atoms with van der Waals surface area (Å²) in [7, 11) is 1.74. The molecule has 0 unspecified atom stereocenters. The molecule has 1 aromatic rings. The van der Waals surface area contributed by atoms with E-state index < -0.39 is 0 Å². The van der Waals surface area contributed by atoms with Crippen LogP contribution in [0.25, 0.3) is 5.57 Å². The van der Waals surface area contributed by atoms with Gasteiger partial charge in [-0.25, -0.2) is 0 Å². The Hall–Kier alpha value is -1.24. The van der Waals surface area contributed by atoms with Gasteiger partial charge in [-0.1, -0.05) is 26.0 Å². The number of rotatable bonds is 1. The highest BCUT2D eigenvalue weighted by atomic mass is 16.5. The van der Waals surface area contributed by atoms with Crippen molar-refractivity contribution in [2.45, 2.75) is 39.5 Å². The molecule has 0 amide bonds. The van der Waals surface area contributed by atoms with E-state index in [0.29, 0.717) is 0 Å². The third-order valence-electron chi connectivity index (χ3n) is 3.61. The lowest BCUT2D eigenvalue weighted by Gasteiger charge is -2.32. The van der Waals surface area contributed by atoms with Crippen molar-refractivity contribution in [3.05, 3.63) is 34.9 Å². The van der Waals surface area contributed by atoms with Crippen molar-refractivity contribution >= 4 is 5.57 Å². The molecule has 0 fully saturated rings. The lowest BCUT2D eigenvalue weighted by molar-refractivity contribution is 0.410. The summed E-state index contributed by atoms with van der Waals surface area (Å²) in [5.41, 5.74) is 5.63. The van der Waals surface area contributed by atoms with Crippen LogP contribution in [0.2, 0.25) is 0 Å². The quantitative estimate of drug-likeness (QED) is 0.687. The Labute approximate surface area is 98.1 Å². The average molecular weight is 216 g/mol. The zero-order valence-electron chi connectivity index (χ0n) is 10.8. The zero-order chi connectivity index (χ0) is 11.9. The van der Waals surface area contributed by atoms with Gasteiger partial charge in [0.2, 0.25) is 0 Å². The van der Waals surface area contributed by atoms with Gasteiger partial charge in [0.15, 0.2) is 0 Å². The standard InChI is InChI=1S/C15H20O/c1-10-6-7-15(3,4)13-8-11(2)14(16-5)9-12(10)13/h6,8-9H,7H2,1-5H3.